The van der Waals surface area contributed by atoms with E-state index in [0.717, 1.165) is 0 Å². The van der Waals surface area contributed by atoms with Gasteiger partial charge < -0.3 is 15.5 Å². The lowest BCUT2D eigenvalue weighted by atomic mass is 9.91. The number of aliphatic hydroxyl groups is 1. The maximum absolute atomic E-state index is 11.6. The van der Waals surface area contributed by atoms with E-state index >= 15 is 0 Å². The van der Waals surface area contributed by atoms with Gasteiger partial charge in [0, 0.05) is 24.7 Å². The quantitative estimate of drug-likeness (QED) is 0.448. The summed E-state index contributed by atoms with van der Waals surface area (Å²) in [5.41, 5.74) is 0.628. The van der Waals surface area contributed by atoms with Crippen molar-refractivity contribution in [3.63, 3.8) is 0 Å². The van der Waals surface area contributed by atoms with E-state index in [9.17, 15) is 19.5 Å². The number of anilines is 1. The summed E-state index contributed by atoms with van der Waals surface area (Å²) in [7, 11) is 0. The van der Waals surface area contributed by atoms with Gasteiger partial charge in [0.1, 0.15) is 11.3 Å². The molecule has 1 aromatic rings. The monoisotopic (exact) mass is 301 g/mol. The van der Waals surface area contributed by atoms with Crippen molar-refractivity contribution in [2.75, 3.05) is 5.32 Å². The number of carboxylic acids is 1. The van der Waals surface area contributed by atoms with Gasteiger partial charge in [-0.2, -0.15) is 0 Å². The van der Waals surface area contributed by atoms with Crippen LogP contribution in [0.2, 0.25) is 0 Å². The Labute approximate surface area is 126 Å². The molecule has 0 saturated heterocycles. The number of Topliss-reactive ketones (excluding diaryl/α,β-unsaturated/α-hetero) is 2. The molecule has 0 aromatic heterocycles. The van der Waals surface area contributed by atoms with E-state index < -0.39 is 5.97 Å². The molecule has 114 valence electrons. The summed E-state index contributed by atoms with van der Waals surface area (Å²) in [6, 6.07) is 6.00. The third kappa shape index (κ3) is 3.60. The molecular weight excluding hydrogens is 286 g/mol. The van der Waals surface area contributed by atoms with Gasteiger partial charge in [0.25, 0.3) is 0 Å². The van der Waals surface area contributed by atoms with Crippen molar-refractivity contribution < 1.29 is 24.6 Å². The highest BCUT2D eigenvalue weighted by molar-refractivity contribution is 6.22. The lowest BCUT2D eigenvalue weighted by Crippen LogP contribution is -2.20. The lowest BCUT2D eigenvalue weighted by molar-refractivity contribution is -0.124. The van der Waals surface area contributed by atoms with Crippen LogP contribution in [0.15, 0.2) is 47.9 Å². The fourth-order valence-corrected chi connectivity index (χ4v) is 2.11. The van der Waals surface area contributed by atoms with Crippen molar-refractivity contribution in [2.24, 2.45) is 0 Å². The third-order valence-corrected chi connectivity index (χ3v) is 3.24. The summed E-state index contributed by atoms with van der Waals surface area (Å²) in [6.07, 6.45) is 3.67. The molecule has 0 heterocycles. The number of allylic oxidation sites excluding steroid dienone is 2. The number of hydrogen-bond donors (Lipinski definition) is 3. The largest absolute Gasteiger partial charge is 0.507 e. The van der Waals surface area contributed by atoms with Crippen LogP contribution in [0.1, 0.15) is 29.6 Å². The minimum atomic E-state index is -1.02. The van der Waals surface area contributed by atoms with Crippen molar-refractivity contribution >= 4 is 23.2 Å². The Hall–Kier alpha value is -2.89. The molecule has 6 heteroatoms. The Morgan fingerprint density at radius 2 is 1.64 bits per heavy atom. The average molecular weight is 301 g/mol. The first kappa shape index (κ1) is 15.5. The first-order valence-electron chi connectivity index (χ1n) is 6.75. The third-order valence-electron chi connectivity index (χ3n) is 3.24. The Morgan fingerprint density at radius 1 is 1.05 bits per heavy atom. The Kier molecular flexibility index (Phi) is 4.73. The minimum absolute atomic E-state index is 0.148. The van der Waals surface area contributed by atoms with Crippen molar-refractivity contribution in [2.45, 2.75) is 19.3 Å². The number of aromatic carboxylic acids is 1. The van der Waals surface area contributed by atoms with Crippen LogP contribution in [0.5, 0.6) is 0 Å². The first-order valence-corrected chi connectivity index (χ1v) is 6.75. The topological polar surface area (TPSA) is 104 Å². The molecule has 1 aromatic carbocycles. The van der Waals surface area contributed by atoms with E-state index in [2.05, 4.69) is 5.32 Å². The van der Waals surface area contributed by atoms with E-state index in [-0.39, 0.29) is 41.3 Å². The molecule has 0 unspecified atom stereocenters. The van der Waals surface area contributed by atoms with Crippen LogP contribution in [0, 0.1) is 0 Å². The van der Waals surface area contributed by atoms with Gasteiger partial charge in [0.2, 0.25) is 0 Å². The van der Waals surface area contributed by atoms with Gasteiger partial charge >= 0.3 is 5.97 Å². The van der Waals surface area contributed by atoms with Crippen LogP contribution >= 0.6 is 0 Å². The number of carbonyl (C=O) groups is 3. The van der Waals surface area contributed by atoms with Crippen molar-refractivity contribution in [3.8, 4) is 0 Å². The van der Waals surface area contributed by atoms with Crippen LogP contribution < -0.4 is 5.32 Å². The zero-order valence-corrected chi connectivity index (χ0v) is 11.7. The molecule has 0 radical (unpaired) electrons. The first-order chi connectivity index (χ1) is 10.5. The SMILES string of the molecule is O=C1CCCC(=O)C1=C(O)C=CNc1ccc(C(=O)O)cc1. The summed E-state index contributed by atoms with van der Waals surface area (Å²) in [4.78, 5) is 34.0. The molecule has 1 aliphatic rings. The molecule has 0 atom stereocenters. The molecule has 0 spiro atoms. The smallest absolute Gasteiger partial charge is 0.335 e. The summed E-state index contributed by atoms with van der Waals surface area (Å²) in [5.74, 6) is -2.06. The molecule has 1 aliphatic carbocycles. The summed E-state index contributed by atoms with van der Waals surface area (Å²) < 4.78 is 0. The molecule has 0 amide bonds. The number of carboxylic acid groups (broad SMARTS) is 1. The van der Waals surface area contributed by atoms with Crippen LogP contribution in [-0.2, 0) is 9.59 Å². The van der Waals surface area contributed by atoms with E-state index in [0.29, 0.717) is 12.1 Å². The highest BCUT2D eigenvalue weighted by Crippen LogP contribution is 2.19. The summed E-state index contributed by atoms with van der Waals surface area (Å²) in [5, 5.41) is 21.4. The van der Waals surface area contributed by atoms with Crippen molar-refractivity contribution in [3.05, 3.63) is 53.4 Å². The highest BCUT2D eigenvalue weighted by atomic mass is 16.4. The highest BCUT2D eigenvalue weighted by Gasteiger charge is 2.25. The molecule has 0 bridgehead atoms. The molecule has 22 heavy (non-hydrogen) atoms. The molecule has 1 fully saturated rings. The zero-order chi connectivity index (χ0) is 16.1. The van der Waals surface area contributed by atoms with E-state index in [1.807, 2.05) is 0 Å². The van der Waals surface area contributed by atoms with E-state index in [1.54, 1.807) is 12.1 Å². The van der Waals surface area contributed by atoms with Crippen LogP contribution in [0.4, 0.5) is 5.69 Å². The van der Waals surface area contributed by atoms with Gasteiger partial charge in [0.05, 0.1) is 5.56 Å². The standard InChI is InChI=1S/C16H15NO5/c18-12-2-1-3-13(19)15(12)14(20)8-9-17-11-6-4-10(5-7-11)16(21)22/h4-9,17,20H,1-3H2,(H,21,22). The van der Waals surface area contributed by atoms with E-state index in [1.165, 1.54) is 24.4 Å². The number of benzene rings is 1. The second kappa shape index (κ2) is 6.71. The van der Waals surface area contributed by atoms with Gasteiger partial charge in [-0.1, -0.05) is 0 Å². The molecule has 2 rings (SSSR count). The fourth-order valence-electron chi connectivity index (χ4n) is 2.11. The molecular formula is C16H15NO5. The maximum Gasteiger partial charge on any atom is 0.335 e. The fraction of sp³-hybridized carbons (Fsp3) is 0.188. The van der Waals surface area contributed by atoms with Gasteiger partial charge in [-0.3, -0.25) is 9.59 Å². The van der Waals surface area contributed by atoms with Crippen LogP contribution in [0.25, 0.3) is 0 Å². The number of nitrogens with one attached hydrogen (secondary N) is 1. The van der Waals surface area contributed by atoms with Gasteiger partial charge in [-0.05, 0) is 36.8 Å². The predicted octanol–water partition coefficient (Wildman–Crippen LogP) is 2.44. The lowest BCUT2D eigenvalue weighted by Gasteiger charge is -2.12. The average Bonchev–Trinajstić information content (AvgIpc) is 2.47. The number of ketones is 2. The second-order valence-electron chi connectivity index (χ2n) is 4.82. The number of rotatable bonds is 4. The van der Waals surface area contributed by atoms with Gasteiger partial charge in [-0.25, -0.2) is 4.79 Å². The van der Waals surface area contributed by atoms with Crippen LogP contribution in [0.3, 0.4) is 0 Å². The number of hydrogen-bond acceptors (Lipinski definition) is 5. The Balaban J connectivity index is 2.06. The predicted molar refractivity (Wildman–Crippen MR) is 79.7 cm³/mol. The van der Waals surface area contributed by atoms with Crippen molar-refractivity contribution in [1.82, 2.24) is 0 Å². The molecule has 3 N–H and O–H groups in total. The molecule has 1 saturated carbocycles. The van der Waals surface area contributed by atoms with Gasteiger partial charge in [-0.15, -0.1) is 0 Å². The summed E-state index contributed by atoms with van der Waals surface area (Å²) in [6.45, 7) is 0. The minimum Gasteiger partial charge on any atom is -0.507 e. The molecule has 6 nitrogen and oxygen atoms in total. The van der Waals surface area contributed by atoms with Crippen LogP contribution in [-0.4, -0.2) is 27.7 Å². The van der Waals surface area contributed by atoms with Gasteiger partial charge in [0.15, 0.2) is 11.6 Å². The molecule has 0 aliphatic heterocycles. The zero-order valence-electron chi connectivity index (χ0n) is 11.7. The number of aliphatic hydroxyl groups excluding tert-OH is 1. The maximum atomic E-state index is 11.6. The van der Waals surface area contributed by atoms with Crippen molar-refractivity contribution in [1.29, 1.82) is 0 Å². The normalized spacial score (nSPS) is 15.2. The van der Waals surface area contributed by atoms with E-state index in [4.69, 9.17) is 5.11 Å². The second-order valence-corrected chi connectivity index (χ2v) is 4.82. The Bertz CT molecular complexity index is 652. The number of carbonyl (C=O) groups excluding carboxylic acids is 2. The Morgan fingerprint density at radius 3 is 2.18 bits per heavy atom. The summed E-state index contributed by atoms with van der Waals surface area (Å²) >= 11 is 0.